The Morgan fingerprint density at radius 2 is 2.00 bits per heavy atom. The third kappa shape index (κ3) is 8.54. The molecule has 5 heteroatoms. The summed E-state index contributed by atoms with van der Waals surface area (Å²) in [7, 11) is 0. The van der Waals surface area contributed by atoms with Gasteiger partial charge in [0.25, 0.3) is 0 Å². The van der Waals surface area contributed by atoms with Crippen LogP contribution in [0.2, 0.25) is 0 Å². The van der Waals surface area contributed by atoms with Gasteiger partial charge in [-0.3, -0.25) is 9.79 Å². The Kier molecular flexibility index (Phi) is 8.19. The first-order valence-corrected chi connectivity index (χ1v) is 6.25. The molecule has 0 aliphatic carbocycles. The van der Waals surface area contributed by atoms with Gasteiger partial charge in [-0.25, -0.2) is 0 Å². The first-order chi connectivity index (χ1) is 7.97. The van der Waals surface area contributed by atoms with Crippen LogP contribution in [0.3, 0.4) is 0 Å². The Hall–Kier alpha value is -1.26. The topological polar surface area (TPSA) is 102 Å². The molecule has 100 valence electrons. The Morgan fingerprint density at radius 3 is 2.47 bits per heavy atom. The van der Waals surface area contributed by atoms with Crippen LogP contribution in [-0.4, -0.2) is 23.6 Å². The Balaban J connectivity index is 3.99. The van der Waals surface area contributed by atoms with Crippen LogP contribution < -0.4 is 11.5 Å². The molecule has 0 aromatic carbocycles. The molecule has 2 atom stereocenters. The number of carboxylic acids is 1. The highest BCUT2D eigenvalue weighted by Crippen LogP contribution is 2.21. The molecule has 0 amide bonds. The van der Waals surface area contributed by atoms with Crippen molar-refractivity contribution in [2.24, 2.45) is 28.3 Å². The van der Waals surface area contributed by atoms with Crippen LogP contribution in [0.5, 0.6) is 0 Å². The van der Waals surface area contributed by atoms with Gasteiger partial charge in [0, 0.05) is 6.54 Å². The normalized spacial score (nSPS) is 14.0. The monoisotopic (exact) mass is 243 g/mol. The summed E-state index contributed by atoms with van der Waals surface area (Å²) in [5.41, 5.74) is 10.4. The lowest BCUT2D eigenvalue weighted by molar-refractivity contribution is -0.142. The summed E-state index contributed by atoms with van der Waals surface area (Å²) in [6.07, 6.45) is 4.28. The SMILES string of the molecule is CCCC(C)CC(CCCN=C(N)N)C(=O)O. The van der Waals surface area contributed by atoms with E-state index < -0.39 is 5.97 Å². The molecule has 0 fully saturated rings. The predicted octanol–water partition coefficient (Wildman–Crippen LogP) is 1.57. The van der Waals surface area contributed by atoms with E-state index in [0.717, 1.165) is 19.3 Å². The van der Waals surface area contributed by atoms with Crippen LogP contribution in [0.15, 0.2) is 4.99 Å². The highest BCUT2D eigenvalue weighted by atomic mass is 16.4. The molecule has 0 heterocycles. The Labute approximate surface area is 103 Å². The summed E-state index contributed by atoms with van der Waals surface area (Å²) in [5, 5.41) is 9.11. The van der Waals surface area contributed by atoms with Crippen molar-refractivity contribution >= 4 is 11.9 Å². The van der Waals surface area contributed by atoms with Crippen LogP contribution >= 0.6 is 0 Å². The number of guanidine groups is 1. The largest absolute Gasteiger partial charge is 0.481 e. The van der Waals surface area contributed by atoms with E-state index in [1.807, 2.05) is 0 Å². The zero-order valence-corrected chi connectivity index (χ0v) is 10.9. The maximum atomic E-state index is 11.1. The minimum Gasteiger partial charge on any atom is -0.481 e. The summed E-state index contributed by atoms with van der Waals surface area (Å²) < 4.78 is 0. The van der Waals surface area contributed by atoms with Gasteiger partial charge in [-0.2, -0.15) is 0 Å². The van der Waals surface area contributed by atoms with E-state index in [2.05, 4.69) is 18.8 Å². The fourth-order valence-electron chi connectivity index (χ4n) is 1.98. The second-order valence-electron chi connectivity index (χ2n) is 4.61. The number of carboxylic acid groups (broad SMARTS) is 1. The van der Waals surface area contributed by atoms with Crippen LogP contribution in [0.25, 0.3) is 0 Å². The third-order valence-corrected chi connectivity index (χ3v) is 2.82. The summed E-state index contributed by atoms with van der Waals surface area (Å²) in [6.45, 7) is 4.73. The Morgan fingerprint density at radius 1 is 1.35 bits per heavy atom. The molecule has 5 nitrogen and oxygen atoms in total. The van der Waals surface area contributed by atoms with Crippen LogP contribution in [-0.2, 0) is 4.79 Å². The van der Waals surface area contributed by atoms with Gasteiger partial charge in [0.1, 0.15) is 0 Å². The molecule has 0 aromatic rings. The van der Waals surface area contributed by atoms with Crippen molar-refractivity contribution in [3.05, 3.63) is 0 Å². The number of nitrogens with zero attached hydrogens (tertiary/aromatic N) is 1. The number of hydrogen-bond acceptors (Lipinski definition) is 2. The molecule has 0 aliphatic rings. The zero-order valence-electron chi connectivity index (χ0n) is 10.9. The Bertz CT molecular complexity index is 250. The van der Waals surface area contributed by atoms with E-state index in [0.29, 0.717) is 25.3 Å². The summed E-state index contributed by atoms with van der Waals surface area (Å²) in [6, 6.07) is 0. The number of aliphatic carboxylic acids is 1. The van der Waals surface area contributed by atoms with E-state index in [1.54, 1.807) is 0 Å². The maximum Gasteiger partial charge on any atom is 0.306 e. The number of hydrogen-bond donors (Lipinski definition) is 3. The molecule has 0 aromatic heterocycles. The molecule has 2 unspecified atom stereocenters. The van der Waals surface area contributed by atoms with Gasteiger partial charge in [-0.1, -0.05) is 26.7 Å². The number of carbonyl (C=O) groups is 1. The van der Waals surface area contributed by atoms with Crippen LogP contribution in [0.4, 0.5) is 0 Å². The first kappa shape index (κ1) is 15.7. The van der Waals surface area contributed by atoms with E-state index in [-0.39, 0.29) is 11.9 Å². The van der Waals surface area contributed by atoms with Crippen molar-refractivity contribution in [1.29, 1.82) is 0 Å². The van der Waals surface area contributed by atoms with Gasteiger partial charge in [0.05, 0.1) is 5.92 Å². The second kappa shape index (κ2) is 8.84. The van der Waals surface area contributed by atoms with E-state index >= 15 is 0 Å². The quantitative estimate of drug-likeness (QED) is 0.325. The van der Waals surface area contributed by atoms with Gasteiger partial charge < -0.3 is 16.6 Å². The van der Waals surface area contributed by atoms with Gasteiger partial charge in [-0.05, 0) is 25.2 Å². The molecule has 17 heavy (non-hydrogen) atoms. The first-order valence-electron chi connectivity index (χ1n) is 6.25. The van der Waals surface area contributed by atoms with Crippen molar-refractivity contribution in [1.82, 2.24) is 0 Å². The molecule has 0 aliphatic heterocycles. The predicted molar refractivity (Wildman–Crippen MR) is 69.7 cm³/mol. The van der Waals surface area contributed by atoms with Crippen molar-refractivity contribution in [2.75, 3.05) is 6.54 Å². The standard InChI is InChI=1S/C12H25N3O2/c1-3-5-9(2)8-10(11(16)17)6-4-7-15-12(13)14/h9-10H,3-8H2,1-2H3,(H,16,17)(H4,13,14,15). The maximum absolute atomic E-state index is 11.1. The lowest BCUT2D eigenvalue weighted by Gasteiger charge is -2.16. The van der Waals surface area contributed by atoms with Crippen molar-refractivity contribution in [3.8, 4) is 0 Å². The smallest absolute Gasteiger partial charge is 0.306 e. The molecule has 0 spiro atoms. The van der Waals surface area contributed by atoms with Gasteiger partial charge in [0.15, 0.2) is 5.96 Å². The van der Waals surface area contributed by atoms with Crippen molar-refractivity contribution in [2.45, 2.75) is 46.0 Å². The highest BCUT2D eigenvalue weighted by molar-refractivity contribution is 5.75. The number of aliphatic imine (C=N–C) groups is 1. The minimum absolute atomic E-state index is 0.0660. The molecule has 0 bridgehead atoms. The lowest BCUT2D eigenvalue weighted by Crippen LogP contribution is -2.23. The average Bonchev–Trinajstić information content (AvgIpc) is 2.22. The van der Waals surface area contributed by atoms with E-state index in [9.17, 15) is 4.79 Å². The second-order valence-corrected chi connectivity index (χ2v) is 4.61. The number of rotatable bonds is 9. The van der Waals surface area contributed by atoms with Crippen LogP contribution in [0, 0.1) is 11.8 Å². The third-order valence-electron chi connectivity index (χ3n) is 2.82. The summed E-state index contributed by atoms with van der Waals surface area (Å²) in [5.74, 6) is -0.455. The summed E-state index contributed by atoms with van der Waals surface area (Å²) >= 11 is 0. The highest BCUT2D eigenvalue weighted by Gasteiger charge is 2.19. The average molecular weight is 243 g/mol. The van der Waals surface area contributed by atoms with Gasteiger partial charge >= 0.3 is 5.97 Å². The molecule has 0 rings (SSSR count). The molecule has 0 saturated carbocycles. The van der Waals surface area contributed by atoms with E-state index in [4.69, 9.17) is 16.6 Å². The zero-order chi connectivity index (χ0) is 13.3. The van der Waals surface area contributed by atoms with Gasteiger partial charge in [0.2, 0.25) is 0 Å². The number of nitrogens with two attached hydrogens (primary N) is 2. The molecule has 5 N–H and O–H groups in total. The molecular weight excluding hydrogens is 218 g/mol. The fraction of sp³-hybridized carbons (Fsp3) is 0.833. The fourth-order valence-corrected chi connectivity index (χ4v) is 1.98. The van der Waals surface area contributed by atoms with Gasteiger partial charge in [-0.15, -0.1) is 0 Å². The van der Waals surface area contributed by atoms with Crippen LogP contribution in [0.1, 0.15) is 46.0 Å². The summed E-state index contributed by atoms with van der Waals surface area (Å²) in [4.78, 5) is 14.9. The van der Waals surface area contributed by atoms with Crippen molar-refractivity contribution < 1.29 is 9.90 Å². The van der Waals surface area contributed by atoms with Crippen molar-refractivity contribution in [3.63, 3.8) is 0 Å². The molecule has 0 radical (unpaired) electrons. The minimum atomic E-state index is -0.711. The lowest BCUT2D eigenvalue weighted by atomic mass is 9.89. The molecular formula is C12H25N3O2. The van der Waals surface area contributed by atoms with E-state index in [1.165, 1.54) is 0 Å². The molecule has 0 saturated heterocycles.